The Morgan fingerprint density at radius 2 is 1.68 bits per heavy atom. The number of nitrogens with zero attached hydrogens (tertiary/aromatic N) is 3. The number of carbonyl (C=O) groups excluding carboxylic acids is 1. The summed E-state index contributed by atoms with van der Waals surface area (Å²) in [5.41, 5.74) is 3.25. The highest BCUT2D eigenvalue weighted by molar-refractivity contribution is 6.39. The minimum absolute atomic E-state index is 0.157. The van der Waals surface area contributed by atoms with Gasteiger partial charge >= 0.3 is 0 Å². The van der Waals surface area contributed by atoms with E-state index >= 15 is 0 Å². The fourth-order valence-corrected chi connectivity index (χ4v) is 5.75. The molecule has 0 radical (unpaired) electrons. The molecule has 7 nitrogen and oxygen atoms in total. The van der Waals surface area contributed by atoms with Crippen molar-refractivity contribution in [2.75, 3.05) is 39.8 Å². The second kappa shape index (κ2) is 13.3. The van der Waals surface area contributed by atoms with Crippen molar-refractivity contribution in [3.63, 3.8) is 0 Å². The van der Waals surface area contributed by atoms with Crippen LogP contribution in [0.1, 0.15) is 33.3 Å². The van der Waals surface area contributed by atoms with E-state index in [1.165, 1.54) is 0 Å². The number of methoxy groups -OCH3 is 1. The highest BCUT2D eigenvalue weighted by atomic mass is 35.5. The Hall–Kier alpha value is -3.07. The van der Waals surface area contributed by atoms with E-state index in [-0.39, 0.29) is 12.0 Å². The van der Waals surface area contributed by atoms with Gasteiger partial charge in [0.1, 0.15) is 22.8 Å². The number of aryl methyl sites for hydroxylation is 1. The molecule has 10 heteroatoms. The first-order valence-corrected chi connectivity index (χ1v) is 14.4. The van der Waals surface area contributed by atoms with Crippen molar-refractivity contribution in [1.82, 2.24) is 15.0 Å². The van der Waals surface area contributed by atoms with Gasteiger partial charge in [-0.3, -0.25) is 9.69 Å². The van der Waals surface area contributed by atoms with Crippen LogP contribution >= 0.6 is 34.8 Å². The first-order valence-electron chi connectivity index (χ1n) is 13.3. The Bertz CT molecular complexity index is 1500. The largest absolute Gasteiger partial charge is 0.497 e. The van der Waals surface area contributed by atoms with Crippen LogP contribution in [0.15, 0.2) is 71.3 Å². The summed E-state index contributed by atoms with van der Waals surface area (Å²) in [6, 6.07) is 20.8. The summed E-state index contributed by atoms with van der Waals surface area (Å²) in [7, 11) is 1.65. The van der Waals surface area contributed by atoms with E-state index < -0.39 is 0 Å². The summed E-state index contributed by atoms with van der Waals surface area (Å²) in [4.78, 5) is 17.8. The first-order chi connectivity index (χ1) is 19.8. The highest BCUT2D eigenvalue weighted by Crippen LogP contribution is 2.37. The lowest BCUT2D eigenvalue weighted by atomic mass is 10.0. The average Bonchev–Trinajstić information content (AvgIpc) is 3.35. The maximum Gasteiger partial charge on any atom is 0.259 e. The number of hydrogen-bond donors (Lipinski definition) is 0. The van der Waals surface area contributed by atoms with Gasteiger partial charge in [-0.1, -0.05) is 70.3 Å². The standard InChI is InChI=1S/C31H30Cl3N3O4/c1-20-28(30(35-41-20)29-25(33)10-5-11-26(29)34)31(38)37-14-12-36(13-15-37)18-27(22-7-4-9-24(17-22)39-2)40-19-21-6-3-8-23(32)16-21/h3-11,16-17,27H,12-15,18-19H2,1-2H3. The van der Waals surface area contributed by atoms with Crippen LogP contribution in [-0.4, -0.2) is 60.7 Å². The molecule has 4 aromatic rings. The summed E-state index contributed by atoms with van der Waals surface area (Å²) in [5, 5.41) is 5.63. The van der Waals surface area contributed by atoms with Gasteiger partial charge in [-0.15, -0.1) is 0 Å². The molecule has 0 N–H and O–H groups in total. The van der Waals surface area contributed by atoms with Gasteiger partial charge in [-0.25, -0.2) is 0 Å². The van der Waals surface area contributed by atoms with E-state index in [1.54, 1.807) is 32.2 Å². The highest BCUT2D eigenvalue weighted by Gasteiger charge is 2.31. The van der Waals surface area contributed by atoms with E-state index in [2.05, 4.69) is 10.1 Å². The predicted molar refractivity (Wildman–Crippen MR) is 161 cm³/mol. The van der Waals surface area contributed by atoms with Crippen LogP contribution in [0.5, 0.6) is 5.75 Å². The third kappa shape index (κ3) is 6.88. The Morgan fingerprint density at radius 1 is 0.976 bits per heavy atom. The summed E-state index contributed by atoms with van der Waals surface area (Å²) in [6.45, 7) is 5.24. The molecule has 1 fully saturated rings. The number of benzene rings is 3. The van der Waals surface area contributed by atoms with Crippen molar-refractivity contribution in [2.45, 2.75) is 19.6 Å². The fourth-order valence-electron chi connectivity index (χ4n) is 4.96. The first kappa shape index (κ1) is 29.4. The minimum atomic E-state index is -0.208. The second-order valence-corrected chi connectivity index (χ2v) is 11.1. The van der Waals surface area contributed by atoms with Crippen LogP contribution in [0.4, 0.5) is 0 Å². The van der Waals surface area contributed by atoms with Crippen LogP contribution in [0.25, 0.3) is 11.3 Å². The Balaban J connectivity index is 1.28. The third-order valence-corrected chi connectivity index (χ3v) is 8.03. The van der Waals surface area contributed by atoms with Crippen molar-refractivity contribution in [1.29, 1.82) is 0 Å². The lowest BCUT2D eigenvalue weighted by Gasteiger charge is -2.36. The van der Waals surface area contributed by atoms with Crippen molar-refractivity contribution in [2.24, 2.45) is 0 Å². The maximum atomic E-state index is 13.7. The molecule has 1 aromatic heterocycles. The van der Waals surface area contributed by atoms with E-state index in [1.807, 2.05) is 53.4 Å². The summed E-state index contributed by atoms with van der Waals surface area (Å²) in [6.07, 6.45) is -0.208. The van der Waals surface area contributed by atoms with Gasteiger partial charge in [0.2, 0.25) is 0 Å². The zero-order valence-corrected chi connectivity index (χ0v) is 25.0. The number of carbonyl (C=O) groups is 1. The summed E-state index contributed by atoms with van der Waals surface area (Å²) in [5.74, 6) is 1.04. The van der Waals surface area contributed by atoms with Crippen molar-refractivity contribution in [3.8, 4) is 17.0 Å². The molecule has 1 aliphatic rings. The summed E-state index contributed by atoms with van der Waals surface area (Å²) < 4.78 is 17.3. The lowest BCUT2D eigenvalue weighted by molar-refractivity contribution is 0.00333. The predicted octanol–water partition coefficient (Wildman–Crippen LogP) is 7.33. The van der Waals surface area contributed by atoms with E-state index in [9.17, 15) is 4.79 Å². The molecule has 5 rings (SSSR count). The Labute approximate surface area is 254 Å². The molecule has 1 amide bonds. The van der Waals surface area contributed by atoms with E-state index in [0.717, 1.165) is 16.9 Å². The van der Waals surface area contributed by atoms with Gasteiger partial charge in [0.05, 0.1) is 29.9 Å². The molecule has 214 valence electrons. The average molecular weight is 615 g/mol. The van der Waals surface area contributed by atoms with Crippen LogP contribution < -0.4 is 4.74 Å². The van der Waals surface area contributed by atoms with Crippen LogP contribution in [0, 0.1) is 6.92 Å². The molecule has 1 saturated heterocycles. The molecule has 0 bridgehead atoms. The van der Waals surface area contributed by atoms with E-state index in [4.69, 9.17) is 48.8 Å². The van der Waals surface area contributed by atoms with Gasteiger partial charge in [0.15, 0.2) is 0 Å². The molecule has 0 saturated carbocycles. The minimum Gasteiger partial charge on any atom is -0.497 e. The van der Waals surface area contributed by atoms with Crippen LogP contribution in [0.2, 0.25) is 15.1 Å². The van der Waals surface area contributed by atoms with Gasteiger partial charge in [-0.05, 0) is 54.4 Å². The number of amides is 1. The number of aromatic nitrogens is 1. The van der Waals surface area contributed by atoms with Crippen molar-refractivity contribution < 1.29 is 18.8 Å². The quantitative estimate of drug-likeness (QED) is 0.197. The normalized spacial score (nSPS) is 14.7. The van der Waals surface area contributed by atoms with Crippen LogP contribution in [0.3, 0.4) is 0 Å². The number of ether oxygens (including phenoxy) is 2. The molecule has 0 spiro atoms. The Morgan fingerprint density at radius 3 is 2.39 bits per heavy atom. The zero-order valence-electron chi connectivity index (χ0n) is 22.8. The van der Waals surface area contributed by atoms with Crippen molar-refractivity contribution >= 4 is 40.7 Å². The SMILES string of the molecule is COc1cccc(C(CN2CCN(C(=O)c3c(-c4c(Cl)cccc4Cl)noc3C)CC2)OCc2cccc(Cl)c2)c1. The molecule has 1 aliphatic heterocycles. The lowest BCUT2D eigenvalue weighted by Crippen LogP contribution is -2.49. The monoisotopic (exact) mass is 613 g/mol. The topological polar surface area (TPSA) is 68.0 Å². The van der Waals surface area contributed by atoms with Gasteiger partial charge in [-0.2, -0.15) is 0 Å². The molecule has 1 unspecified atom stereocenters. The molecule has 2 heterocycles. The Kier molecular flexibility index (Phi) is 9.53. The third-order valence-electron chi connectivity index (χ3n) is 7.17. The smallest absolute Gasteiger partial charge is 0.259 e. The second-order valence-electron chi connectivity index (χ2n) is 9.86. The maximum absolute atomic E-state index is 13.7. The molecule has 3 aromatic carbocycles. The molecule has 41 heavy (non-hydrogen) atoms. The van der Waals surface area contributed by atoms with Crippen LogP contribution in [-0.2, 0) is 11.3 Å². The van der Waals surface area contributed by atoms with Crippen molar-refractivity contribution in [3.05, 3.63) is 104 Å². The summed E-state index contributed by atoms with van der Waals surface area (Å²) >= 11 is 19.0. The number of halogens is 3. The number of rotatable bonds is 9. The molecular weight excluding hydrogens is 585 g/mol. The van der Waals surface area contributed by atoms with Gasteiger partial charge in [0, 0.05) is 43.3 Å². The molecule has 0 aliphatic carbocycles. The fraction of sp³-hybridized carbons (Fsp3) is 0.290. The zero-order chi connectivity index (χ0) is 28.9. The number of hydrogen-bond acceptors (Lipinski definition) is 6. The van der Waals surface area contributed by atoms with Gasteiger partial charge in [0.25, 0.3) is 5.91 Å². The molecule has 1 atom stereocenters. The number of piperazine rings is 1. The van der Waals surface area contributed by atoms with E-state index in [0.29, 0.717) is 77.0 Å². The molecular formula is C31H30Cl3N3O4. The van der Waals surface area contributed by atoms with Gasteiger partial charge < -0.3 is 18.9 Å².